The summed E-state index contributed by atoms with van der Waals surface area (Å²) in [5.41, 5.74) is 9.48. The zero-order valence-corrected chi connectivity index (χ0v) is 35.8. The first-order valence-corrected chi connectivity index (χ1v) is 20.9. The molecule has 1 fully saturated rings. The number of hydrogen-bond acceptors (Lipinski definition) is 6. The van der Waals surface area contributed by atoms with E-state index in [1.165, 1.54) is 12.8 Å². The number of carboxylic acid groups (broad SMARTS) is 1. The van der Waals surface area contributed by atoms with Crippen LogP contribution in [0, 0.1) is 27.7 Å². The molecule has 0 unspecified atom stereocenters. The van der Waals surface area contributed by atoms with Crippen molar-refractivity contribution < 1.29 is 19.4 Å². The summed E-state index contributed by atoms with van der Waals surface area (Å²) in [5, 5.41) is 21.9. The molecule has 0 spiro atoms. The highest BCUT2D eigenvalue weighted by atomic mass is 35.5. The minimum atomic E-state index is -1.08. The summed E-state index contributed by atoms with van der Waals surface area (Å²) in [4.78, 5) is 32.7. The molecule has 58 heavy (non-hydrogen) atoms. The van der Waals surface area contributed by atoms with Gasteiger partial charge in [-0.2, -0.15) is 5.10 Å². The molecule has 1 saturated heterocycles. The Morgan fingerprint density at radius 2 is 1.71 bits per heavy atom. The highest BCUT2D eigenvalue weighted by molar-refractivity contribution is 6.35. The van der Waals surface area contributed by atoms with Crippen molar-refractivity contribution in [2.24, 2.45) is 14.1 Å². The molecule has 3 aromatic heterocycles. The van der Waals surface area contributed by atoms with Crippen molar-refractivity contribution in [2.75, 3.05) is 49.5 Å². The van der Waals surface area contributed by atoms with Crippen molar-refractivity contribution >= 4 is 68.4 Å². The average molecular weight is 825 g/mol. The van der Waals surface area contributed by atoms with Crippen molar-refractivity contribution in [3.05, 3.63) is 91.8 Å². The smallest absolute Gasteiger partial charge is 0.340 e. The molecular weight excluding hydrogens is 773 g/mol. The Kier molecular flexibility index (Phi) is 10.8. The lowest BCUT2D eigenvalue weighted by Gasteiger charge is -2.34. The van der Waals surface area contributed by atoms with Crippen LogP contribution < -0.4 is 15.0 Å². The summed E-state index contributed by atoms with van der Waals surface area (Å²) in [5.74, 6) is -0.223. The van der Waals surface area contributed by atoms with Gasteiger partial charge in [0.25, 0.3) is 5.91 Å². The Morgan fingerprint density at radius 3 is 2.38 bits per heavy atom. The van der Waals surface area contributed by atoms with E-state index in [-0.39, 0.29) is 24.1 Å². The number of nitrogens with one attached hydrogen (secondary N) is 1. The predicted octanol–water partition coefficient (Wildman–Crippen LogP) is 9.51. The number of anilines is 2. The quantitative estimate of drug-likeness (QED) is 0.118. The number of nitrogens with zero attached hydrogens (tertiary/aromatic N) is 6. The van der Waals surface area contributed by atoms with Crippen LogP contribution in [0.2, 0.25) is 10.0 Å². The topological polar surface area (TPSA) is 110 Å². The third-order valence-electron chi connectivity index (χ3n) is 12.2. The minimum absolute atomic E-state index is 0.111. The number of fused-ring (bicyclic) bond motifs is 4. The molecule has 11 nitrogen and oxygen atoms in total. The zero-order chi connectivity index (χ0) is 41.2. The molecule has 3 aromatic carbocycles. The summed E-state index contributed by atoms with van der Waals surface area (Å²) in [6.45, 7) is 14.6. The standard InChI is InChI=1S/C45H51Cl2N7O4/c1-25-21-31(22-26(2)40(25)47)58-20-10-11-32-33-13-14-35(46)39(37-28(4)49-51(7)29(37)5)41(33)54-27(3)24-53(44(55)42(32)54)43-38(45(56)57)34-23-30(12-15-36(34)50(43)6)48-16-19-52-17-8-9-18-52/h12-15,21-23,27,48H,8-11,16-20,24H2,1-7H3,(H,56,57)/t27-/m1/s1. The van der Waals surface area contributed by atoms with Crippen molar-refractivity contribution in [1.82, 2.24) is 23.8 Å². The molecule has 1 amide bonds. The van der Waals surface area contributed by atoms with Gasteiger partial charge in [-0.1, -0.05) is 29.3 Å². The Morgan fingerprint density at radius 1 is 0.983 bits per heavy atom. The van der Waals surface area contributed by atoms with Crippen LogP contribution in [-0.4, -0.2) is 80.1 Å². The Labute approximate surface area is 349 Å². The van der Waals surface area contributed by atoms with E-state index in [1.54, 1.807) is 4.90 Å². The molecular formula is C45H51Cl2N7O4. The van der Waals surface area contributed by atoms with Gasteiger partial charge in [0.1, 0.15) is 22.8 Å². The molecule has 0 bridgehead atoms. The normalized spacial score (nSPS) is 15.9. The summed E-state index contributed by atoms with van der Waals surface area (Å²) in [6.07, 6.45) is 3.62. The maximum absolute atomic E-state index is 15.3. The van der Waals surface area contributed by atoms with Crippen molar-refractivity contribution in [3.8, 4) is 16.9 Å². The number of halogens is 2. The number of aromatic nitrogens is 4. The highest BCUT2D eigenvalue weighted by Crippen LogP contribution is 2.46. The van der Waals surface area contributed by atoms with E-state index in [0.717, 1.165) is 98.3 Å². The molecule has 8 rings (SSSR count). The largest absolute Gasteiger partial charge is 0.494 e. The van der Waals surface area contributed by atoms with Gasteiger partial charge < -0.3 is 29.2 Å². The summed E-state index contributed by atoms with van der Waals surface area (Å²) in [6, 6.07) is 13.4. The number of likely N-dealkylation sites (tertiary alicyclic amines) is 1. The van der Waals surface area contributed by atoms with Gasteiger partial charge in [-0.05, 0) is 126 Å². The molecule has 0 aliphatic carbocycles. The number of benzene rings is 3. The third kappa shape index (κ3) is 6.80. The van der Waals surface area contributed by atoms with Crippen molar-refractivity contribution in [3.63, 3.8) is 0 Å². The minimum Gasteiger partial charge on any atom is -0.494 e. The van der Waals surface area contributed by atoms with Gasteiger partial charge in [0.05, 0.1) is 28.4 Å². The molecule has 2 aliphatic heterocycles. The monoisotopic (exact) mass is 823 g/mol. The van der Waals surface area contributed by atoms with Gasteiger partial charge >= 0.3 is 5.97 Å². The SMILES string of the molecule is Cc1cc(OCCCc2c3n(c4c(-c5c(C)nn(C)c5C)c(Cl)ccc24)[C@H](C)CN(c2c(C(=O)O)c4cc(NCCN5CCCC5)ccc4n2C)C3=O)cc(C)c1Cl. The molecule has 6 aromatic rings. The van der Waals surface area contributed by atoms with E-state index >= 15 is 4.79 Å². The fourth-order valence-electron chi connectivity index (χ4n) is 9.34. The lowest BCUT2D eigenvalue weighted by Crippen LogP contribution is -2.44. The van der Waals surface area contributed by atoms with E-state index in [4.69, 9.17) is 33.0 Å². The summed E-state index contributed by atoms with van der Waals surface area (Å²) >= 11 is 13.6. The van der Waals surface area contributed by atoms with Crippen LogP contribution in [0.3, 0.4) is 0 Å². The van der Waals surface area contributed by atoms with Crippen molar-refractivity contribution in [2.45, 2.75) is 66.3 Å². The Bertz CT molecular complexity index is 2590. The van der Waals surface area contributed by atoms with Crippen LogP contribution in [0.15, 0.2) is 42.5 Å². The van der Waals surface area contributed by atoms with E-state index in [9.17, 15) is 9.90 Å². The van der Waals surface area contributed by atoms with Gasteiger partial charge in [-0.3, -0.25) is 14.4 Å². The first-order valence-electron chi connectivity index (χ1n) is 20.2. The van der Waals surface area contributed by atoms with Crippen LogP contribution in [0.1, 0.15) is 81.2 Å². The Hall–Kier alpha value is -4.97. The third-order valence-corrected chi connectivity index (χ3v) is 13.1. The number of carbonyl (C=O) groups is 2. The number of rotatable bonds is 12. The number of amides is 1. The lowest BCUT2D eigenvalue weighted by atomic mass is 9.98. The highest BCUT2D eigenvalue weighted by Gasteiger charge is 2.40. The van der Waals surface area contributed by atoms with E-state index in [2.05, 4.69) is 21.7 Å². The molecule has 0 saturated carbocycles. The molecule has 1 atom stereocenters. The van der Waals surface area contributed by atoms with E-state index in [0.29, 0.717) is 41.4 Å². The van der Waals surface area contributed by atoms with E-state index < -0.39 is 5.97 Å². The van der Waals surface area contributed by atoms with E-state index in [1.807, 2.05) is 93.5 Å². The first kappa shape index (κ1) is 39.8. The number of ether oxygens (including phenoxy) is 1. The summed E-state index contributed by atoms with van der Waals surface area (Å²) < 4.78 is 12.1. The van der Waals surface area contributed by atoms with Crippen LogP contribution in [0.4, 0.5) is 11.5 Å². The first-order chi connectivity index (χ1) is 27.8. The van der Waals surface area contributed by atoms with Gasteiger partial charge in [0, 0.05) is 78.1 Å². The van der Waals surface area contributed by atoms with Gasteiger partial charge in [0.15, 0.2) is 0 Å². The Balaban J connectivity index is 1.22. The van der Waals surface area contributed by atoms with Crippen LogP contribution in [0.25, 0.3) is 32.9 Å². The maximum Gasteiger partial charge on any atom is 0.340 e. The second-order valence-electron chi connectivity index (χ2n) is 16.0. The zero-order valence-electron chi connectivity index (χ0n) is 34.3. The van der Waals surface area contributed by atoms with Gasteiger partial charge in [0.2, 0.25) is 0 Å². The van der Waals surface area contributed by atoms with Gasteiger partial charge in [-0.15, -0.1) is 0 Å². The molecule has 304 valence electrons. The fraction of sp³-hybridized carbons (Fsp3) is 0.400. The number of carbonyl (C=O) groups excluding carboxylic acids is 1. The van der Waals surface area contributed by atoms with Crippen LogP contribution >= 0.6 is 23.2 Å². The number of carboxylic acids is 1. The van der Waals surface area contributed by atoms with Crippen LogP contribution in [-0.2, 0) is 20.5 Å². The lowest BCUT2D eigenvalue weighted by molar-refractivity contribution is 0.0699. The average Bonchev–Trinajstić information content (AvgIpc) is 3.94. The number of aromatic carboxylic acids is 1. The fourth-order valence-corrected chi connectivity index (χ4v) is 9.70. The second-order valence-corrected chi connectivity index (χ2v) is 16.8. The predicted molar refractivity (Wildman–Crippen MR) is 234 cm³/mol. The van der Waals surface area contributed by atoms with Crippen LogP contribution in [0.5, 0.6) is 5.75 Å². The molecule has 13 heteroatoms. The van der Waals surface area contributed by atoms with Crippen molar-refractivity contribution in [1.29, 1.82) is 0 Å². The van der Waals surface area contributed by atoms with Gasteiger partial charge in [-0.25, -0.2) is 4.79 Å². The second kappa shape index (κ2) is 15.7. The molecule has 0 radical (unpaired) electrons. The molecule has 2 aliphatic rings. The summed E-state index contributed by atoms with van der Waals surface area (Å²) in [7, 11) is 3.76. The number of aryl methyl sites for hydroxylation is 6. The molecule has 5 heterocycles. The number of hydrogen-bond donors (Lipinski definition) is 2. The molecule has 2 N–H and O–H groups in total. The maximum atomic E-state index is 15.3.